The van der Waals surface area contributed by atoms with Gasteiger partial charge in [-0.25, -0.2) is 0 Å². The monoisotopic (exact) mass is 439 g/mol. The molecule has 136 valence electrons. The minimum absolute atomic E-state index is 0.0352. The van der Waals surface area contributed by atoms with Crippen molar-refractivity contribution in [3.63, 3.8) is 0 Å². The Hall–Kier alpha value is -2.46. The predicted molar refractivity (Wildman–Crippen MR) is 98.4 cm³/mol. The molecule has 0 spiro atoms. The first kappa shape index (κ1) is 18.3. The van der Waals surface area contributed by atoms with Crippen molar-refractivity contribution >= 4 is 37.4 Å². The molecule has 0 radical (unpaired) electrons. The second-order valence-electron chi connectivity index (χ2n) is 5.79. The Morgan fingerprint density at radius 3 is 2.54 bits per heavy atom. The van der Waals surface area contributed by atoms with Crippen LogP contribution in [0.4, 0.5) is 5.69 Å². The van der Waals surface area contributed by atoms with Crippen molar-refractivity contribution in [1.29, 1.82) is 0 Å². The first-order chi connectivity index (χ1) is 12.2. The summed E-state index contributed by atoms with van der Waals surface area (Å²) in [7, 11) is -4.04. The number of benzene rings is 2. The molecule has 8 nitrogen and oxygen atoms in total. The summed E-state index contributed by atoms with van der Waals surface area (Å²) in [4.78, 5) is 10.0. The van der Waals surface area contributed by atoms with E-state index in [-0.39, 0.29) is 16.3 Å². The van der Waals surface area contributed by atoms with Crippen LogP contribution in [-0.4, -0.2) is 28.6 Å². The van der Waals surface area contributed by atoms with Crippen LogP contribution in [0.3, 0.4) is 0 Å². The maximum atomic E-state index is 13.0. The number of hydrazone groups is 1. The molecule has 0 saturated carbocycles. The maximum absolute atomic E-state index is 13.0. The third-order valence-electron chi connectivity index (χ3n) is 3.96. The van der Waals surface area contributed by atoms with Crippen molar-refractivity contribution in [2.24, 2.45) is 5.10 Å². The Morgan fingerprint density at radius 2 is 1.92 bits per heavy atom. The fourth-order valence-electron chi connectivity index (χ4n) is 2.73. The van der Waals surface area contributed by atoms with Gasteiger partial charge < -0.3 is 5.11 Å². The first-order valence-electron chi connectivity index (χ1n) is 7.51. The molecule has 1 aliphatic rings. The number of non-ortho nitro benzene ring substituents is 1. The summed E-state index contributed by atoms with van der Waals surface area (Å²) in [6.45, 7) is 1.70. The van der Waals surface area contributed by atoms with E-state index in [2.05, 4.69) is 21.0 Å². The lowest BCUT2D eigenvalue weighted by Gasteiger charge is -2.24. The van der Waals surface area contributed by atoms with Gasteiger partial charge in [-0.2, -0.15) is 17.9 Å². The minimum Gasteiger partial charge on any atom is -0.508 e. The van der Waals surface area contributed by atoms with Crippen LogP contribution in [0, 0.1) is 10.1 Å². The average molecular weight is 440 g/mol. The van der Waals surface area contributed by atoms with Crippen molar-refractivity contribution in [1.82, 2.24) is 4.41 Å². The SMILES string of the molecule is CC1=NN(S(=O)(=O)c2ccc([N+](=O)[O-])cc2)C(c2cc(Br)ccc2O)C1. The van der Waals surface area contributed by atoms with Crippen LogP contribution in [0.15, 0.2) is 56.9 Å². The molecule has 0 amide bonds. The van der Waals surface area contributed by atoms with E-state index in [4.69, 9.17) is 0 Å². The number of sulfonamides is 1. The molecule has 1 heterocycles. The molecule has 1 atom stereocenters. The Kier molecular flexibility index (Phi) is 4.72. The zero-order valence-corrected chi connectivity index (χ0v) is 15.9. The fraction of sp³-hybridized carbons (Fsp3) is 0.188. The van der Waals surface area contributed by atoms with E-state index in [1.165, 1.54) is 18.2 Å². The molecule has 1 N–H and O–H groups in total. The van der Waals surface area contributed by atoms with Gasteiger partial charge in [0.05, 0.1) is 15.9 Å². The van der Waals surface area contributed by atoms with Gasteiger partial charge in [-0.15, -0.1) is 0 Å². The van der Waals surface area contributed by atoms with Gasteiger partial charge in [-0.1, -0.05) is 15.9 Å². The number of rotatable bonds is 4. The second-order valence-corrected chi connectivity index (χ2v) is 8.50. The van der Waals surface area contributed by atoms with Crippen molar-refractivity contribution in [3.05, 3.63) is 62.6 Å². The number of hydrogen-bond donors (Lipinski definition) is 1. The number of nitrogens with zero attached hydrogens (tertiary/aromatic N) is 3. The van der Waals surface area contributed by atoms with Gasteiger partial charge in [0.25, 0.3) is 15.7 Å². The summed E-state index contributed by atoms with van der Waals surface area (Å²) in [6.07, 6.45) is 0.330. The van der Waals surface area contributed by atoms with Crippen molar-refractivity contribution in [2.45, 2.75) is 24.3 Å². The van der Waals surface area contributed by atoms with E-state index in [0.29, 0.717) is 22.2 Å². The van der Waals surface area contributed by atoms with Crippen LogP contribution in [0.25, 0.3) is 0 Å². The molecule has 10 heteroatoms. The van der Waals surface area contributed by atoms with Crippen LogP contribution in [0.1, 0.15) is 24.9 Å². The van der Waals surface area contributed by atoms with Gasteiger partial charge in [0.2, 0.25) is 0 Å². The Labute approximate surface area is 158 Å². The van der Waals surface area contributed by atoms with E-state index >= 15 is 0 Å². The highest BCUT2D eigenvalue weighted by Crippen LogP contribution is 2.40. The van der Waals surface area contributed by atoms with Crippen molar-refractivity contribution in [2.75, 3.05) is 0 Å². The van der Waals surface area contributed by atoms with E-state index in [1.807, 2.05) is 0 Å². The molecule has 0 aromatic heterocycles. The second kappa shape index (κ2) is 6.69. The van der Waals surface area contributed by atoms with Crippen LogP contribution < -0.4 is 0 Å². The summed E-state index contributed by atoms with van der Waals surface area (Å²) in [5.74, 6) is -0.0352. The minimum atomic E-state index is -4.04. The van der Waals surface area contributed by atoms with Crippen molar-refractivity contribution < 1.29 is 18.4 Å². The highest BCUT2D eigenvalue weighted by atomic mass is 79.9. The van der Waals surface area contributed by atoms with Gasteiger partial charge in [0, 0.05) is 34.3 Å². The number of hydrogen-bond acceptors (Lipinski definition) is 6. The van der Waals surface area contributed by atoms with Gasteiger partial charge in [0.15, 0.2) is 0 Å². The summed E-state index contributed by atoms with van der Waals surface area (Å²) in [5.41, 5.74) is 0.816. The number of phenolic OH excluding ortho intramolecular Hbond substituents is 1. The number of nitro groups is 1. The molecule has 0 fully saturated rings. The van der Waals surface area contributed by atoms with E-state index in [0.717, 1.165) is 16.5 Å². The normalized spacial score (nSPS) is 17.2. The summed E-state index contributed by atoms with van der Waals surface area (Å²) in [6, 6.07) is 8.68. The lowest BCUT2D eigenvalue weighted by Crippen LogP contribution is -2.27. The largest absolute Gasteiger partial charge is 0.508 e. The molecule has 0 saturated heterocycles. The topological polar surface area (TPSA) is 113 Å². The Bertz CT molecular complexity index is 1010. The zero-order valence-electron chi connectivity index (χ0n) is 13.5. The van der Waals surface area contributed by atoms with Crippen LogP contribution >= 0.6 is 15.9 Å². The fourth-order valence-corrected chi connectivity index (χ4v) is 4.57. The Morgan fingerprint density at radius 1 is 1.27 bits per heavy atom. The van der Waals surface area contributed by atoms with Gasteiger partial charge in [-0.05, 0) is 37.3 Å². The molecule has 26 heavy (non-hydrogen) atoms. The quantitative estimate of drug-likeness (QED) is 0.577. The standard InChI is InChI=1S/C16H14BrN3O5S/c1-10-8-15(14-9-11(17)2-7-16(14)21)19(18-10)26(24,25)13-5-3-12(4-6-13)20(22)23/h2-7,9,15,21H,8H2,1H3. The molecule has 3 rings (SSSR count). The molecule has 0 aliphatic carbocycles. The molecular formula is C16H14BrN3O5S. The Balaban J connectivity index is 2.04. The summed E-state index contributed by atoms with van der Waals surface area (Å²) in [5, 5.41) is 25.0. The summed E-state index contributed by atoms with van der Waals surface area (Å²) < 4.78 is 27.6. The third kappa shape index (κ3) is 3.29. The number of phenols is 1. The molecule has 1 aliphatic heterocycles. The molecule has 0 bridgehead atoms. The van der Waals surface area contributed by atoms with Gasteiger partial charge in [0.1, 0.15) is 5.75 Å². The highest BCUT2D eigenvalue weighted by Gasteiger charge is 2.37. The number of aromatic hydroxyl groups is 1. The lowest BCUT2D eigenvalue weighted by atomic mass is 10.0. The molecule has 2 aromatic carbocycles. The highest BCUT2D eigenvalue weighted by molar-refractivity contribution is 9.10. The smallest absolute Gasteiger partial charge is 0.279 e. The zero-order chi connectivity index (χ0) is 19.1. The lowest BCUT2D eigenvalue weighted by molar-refractivity contribution is -0.384. The van der Waals surface area contributed by atoms with E-state index in [1.54, 1.807) is 19.1 Å². The average Bonchev–Trinajstić information content (AvgIpc) is 2.99. The molecule has 1 unspecified atom stereocenters. The number of nitro benzene ring substituents is 1. The van der Waals surface area contributed by atoms with Crippen LogP contribution in [0.5, 0.6) is 5.75 Å². The molecular weight excluding hydrogens is 426 g/mol. The van der Waals surface area contributed by atoms with Crippen LogP contribution in [0.2, 0.25) is 0 Å². The van der Waals surface area contributed by atoms with E-state index in [9.17, 15) is 23.6 Å². The predicted octanol–water partition coefficient (Wildman–Crippen LogP) is 3.57. The van der Waals surface area contributed by atoms with E-state index < -0.39 is 21.0 Å². The first-order valence-corrected chi connectivity index (χ1v) is 9.75. The number of halogens is 1. The maximum Gasteiger partial charge on any atom is 0.279 e. The van der Waals surface area contributed by atoms with Crippen LogP contribution in [-0.2, 0) is 10.0 Å². The van der Waals surface area contributed by atoms with Gasteiger partial charge in [-0.3, -0.25) is 10.1 Å². The molecule has 2 aromatic rings. The van der Waals surface area contributed by atoms with Crippen molar-refractivity contribution in [3.8, 4) is 5.75 Å². The van der Waals surface area contributed by atoms with Gasteiger partial charge >= 0.3 is 0 Å². The third-order valence-corrected chi connectivity index (χ3v) is 6.15. The summed E-state index contributed by atoms with van der Waals surface area (Å²) >= 11 is 3.32.